The maximum Gasteiger partial charge on any atom is 0.320 e. The van der Waals surface area contributed by atoms with Gasteiger partial charge in [0.05, 0.1) is 5.88 Å². The Hall–Kier alpha value is 0.01000. The fraction of sp³-hybridized carbons (Fsp3) is 1.00. The van der Waals surface area contributed by atoms with Crippen LogP contribution in [0, 0.1) is 0 Å². The fourth-order valence-corrected chi connectivity index (χ4v) is 0.175. The Morgan fingerprint density at radius 1 is 1.38 bits per heavy atom. The molecule has 0 aromatic heterocycles. The van der Waals surface area contributed by atoms with Crippen molar-refractivity contribution in [3.05, 3.63) is 0 Å². The SMILES string of the molecule is FC(F)C(F)(F)CCl. The zero-order valence-electron chi connectivity index (χ0n) is 3.67. The molecule has 0 aliphatic carbocycles. The first kappa shape index (κ1) is 8.01. The number of halogens is 5. The molecule has 0 radical (unpaired) electrons. The Bertz CT molecular complexity index is 71.7. The van der Waals surface area contributed by atoms with E-state index in [0.29, 0.717) is 0 Å². The lowest BCUT2D eigenvalue weighted by atomic mass is 10.4. The highest BCUT2D eigenvalue weighted by atomic mass is 35.5. The van der Waals surface area contributed by atoms with Crippen molar-refractivity contribution in [2.24, 2.45) is 0 Å². The summed E-state index contributed by atoms with van der Waals surface area (Å²) in [6, 6.07) is 0. The van der Waals surface area contributed by atoms with E-state index < -0.39 is 18.2 Å². The molecule has 0 amide bonds. The van der Waals surface area contributed by atoms with E-state index in [2.05, 4.69) is 11.6 Å². The molecule has 50 valence electrons. The molecule has 0 N–H and O–H groups in total. The van der Waals surface area contributed by atoms with Crippen molar-refractivity contribution in [1.29, 1.82) is 0 Å². The van der Waals surface area contributed by atoms with Crippen LogP contribution >= 0.6 is 11.6 Å². The van der Waals surface area contributed by atoms with Gasteiger partial charge in [-0.05, 0) is 0 Å². The van der Waals surface area contributed by atoms with Crippen LogP contribution in [0.2, 0.25) is 0 Å². The summed E-state index contributed by atoms with van der Waals surface area (Å²) < 4.78 is 44.7. The number of rotatable bonds is 2. The molecule has 0 atom stereocenters. The van der Waals surface area contributed by atoms with Crippen LogP contribution in [0.25, 0.3) is 0 Å². The van der Waals surface area contributed by atoms with Gasteiger partial charge in [-0.25, -0.2) is 8.78 Å². The van der Waals surface area contributed by atoms with Gasteiger partial charge in [-0.15, -0.1) is 11.6 Å². The van der Waals surface area contributed by atoms with Crippen LogP contribution < -0.4 is 0 Å². The number of alkyl halides is 5. The van der Waals surface area contributed by atoms with Gasteiger partial charge in [0.15, 0.2) is 0 Å². The van der Waals surface area contributed by atoms with Crippen molar-refractivity contribution >= 4 is 11.6 Å². The van der Waals surface area contributed by atoms with E-state index in [-0.39, 0.29) is 0 Å². The fourth-order valence-electron chi connectivity index (χ4n) is 0.0583. The minimum Gasteiger partial charge on any atom is -0.204 e. The summed E-state index contributed by atoms with van der Waals surface area (Å²) in [5, 5.41) is 0. The molecular formula is C3H3ClF4. The Kier molecular flexibility index (Phi) is 2.53. The van der Waals surface area contributed by atoms with E-state index in [1.54, 1.807) is 0 Å². The summed E-state index contributed by atoms with van der Waals surface area (Å²) in [4.78, 5) is 0. The molecule has 0 heterocycles. The summed E-state index contributed by atoms with van der Waals surface area (Å²) in [6.45, 7) is 0. The summed E-state index contributed by atoms with van der Waals surface area (Å²) in [5.41, 5.74) is 0. The summed E-state index contributed by atoms with van der Waals surface area (Å²) in [6.07, 6.45) is -3.65. The third kappa shape index (κ3) is 1.86. The van der Waals surface area contributed by atoms with E-state index in [9.17, 15) is 17.6 Å². The normalized spacial score (nSPS) is 12.8. The summed E-state index contributed by atoms with van der Waals surface area (Å²) in [7, 11) is 0. The summed E-state index contributed by atoms with van der Waals surface area (Å²) >= 11 is 4.46. The van der Waals surface area contributed by atoms with Crippen molar-refractivity contribution in [3.8, 4) is 0 Å². The van der Waals surface area contributed by atoms with Gasteiger partial charge < -0.3 is 0 Å². The van der Waals surface area contributed by atoms with Gasteiger partial charge in [0.1, 0.15) is 0 Å². The van der Waals surface area contributed by atoms with Gasteiger partial charge >= 0.3 is 12.3 Å². The maximum atomic E-state index is 11.4. The zero-order chi connectivity index (χ0) is 6.78. The van der Waals surface area contributed by atoms with E-state index in [0.717, 1.165) is 0 Å². The van der Waals surface area contributed by atoms with Crippen molar-refractivity contribution in [2.75, 3.05) is 5.88 Å². The molecule has 0 aromatic carbocycles. The average Bonchev–Trinajstić information content (AvgIpc) is 1.67. The van der Waals surface area contributed by atoms with Gasteiger partial charge in [0.2, 0.25) is 0 Å². The molecule has 0 saturated carbocycles. The molecule has 0 spiro atoms. The van der Waals surface area contributed by atoms with Crippen LogP contribution in [0.4, 0.5) is 17.6 Å². The standard InChI is InChI=1S/C3H3ClF4/c4-1-3(7,8)2(5)6/h2H,1H2. The predicted molar refractivity (Wildman–Crippen MR) is 21.7 cm³/mol. The van der Waals surface area contributed by atoms with E-state index in [1.807, 2.05) is 0 Å². The number of hydrogen-bond acceptors (Lipinski definition) is 0. The van der Waals surface area contributed by atoms with Gasteiger partial charge in [-0.3, -0.25) is 0 Å². The second-order valence-electron chi connectivity index (χ2n) is 1.20. The van der Waals surface area contributed by atoms with Gasteiger partial charge in [-0.1, -0.05) is 0 Å². The second-order valence-corrected chi connectivity index (χ2v) is 1.46. The molecule has 0 unspecified atom stereocenters. The van der Waals surface area contributed by atoms with Crippen molar-refractivity contribution in [1.82, 2.24) is 0 Å². The molecule has 0 nitrogen and oxygen atoms in total. The van der Waals surface area contributed by atoms with Crippen LogP contribution in [-0.2, 0) is 0 Å². The van der Waals surface area contributed by atoms with Crippen LogP contribution in [0.3, 0.4) is 0 Å². The second kappa shape index (κ2) is 2.53. The Labute approximate surface area is 48.4 Å². The third-order valence-electron chi connectivity index (χ3n) is 0.497. The molecule has 0 bridgehead atoms. The van der Waals surface area contributed by atoms with Gasteiger partial charge in [0, 0.05) is 0 Å². The molecule has 5 heteroatoms. The number of hydrogen-bond donors (Lipinski definition) is 0. The van der Waals surface area contributed by atoms with Crippen molar-refractivity contribution in [3.63, 3.8) is 0 Å². The summed E-state index contributed by atoms with van der Waals surface area (Å²) in [5.74, 6) is -5.35. The van der Waals surface area contributed by atoms with Crippen molar-refractivity contribution < 1.29 is 17.6 Å². The molecule has 0 aliphatic rings. The van der Waals surface area contributed by atoms with Crippen molar-refractivity contribution in [2.45, 2.75) is 12.3 Å². The van der Waals surface area contributed by atoms with E-state index >= 15 is 0 Å². The predicted octanol–water partition coefficient (Wildman–Crippen LogP) is 2.13. The third-order valence-corrected chi connectivity index (χ3v) is 0.854. The average molecular weight is 151 g/mol. The van der Waals surface area contributed by atoms with Gasteiger partial charge in [0.25, 0.3) is 0 Å². The Morgan fingerprint density at radius 2 is 1.75 bits per heavy atom. The lowest BCUT2D eigenvalue weighted by molar-refractivity contribution is -0.110. The monoisotopic (exact) mass is 150 g/mol. The molecule has 0 saturated heterocycles. The minimum absolute atomic E-state index is 1.33. The first-order valence-corrected chi connectivity index (χ1v) is 2.26. The van der Waals surface area contributed by atoms with E-state index in [4.69, 9.17) is 0 Å². The maximum absolute atomic E-state index is 11.4. The zero-order valence-corrected chi connectivity index (χ0v) is 4.43. The van der Waals surface area contributed by atoms with Crippen LogP contribution in [0.15, 0.2) is 0 Å². The quantitative estimate of drug-likeness (QED) is 0.418. The van der Waals surface area contributed by atoms with Crippen LogP contribution in [0.1, 0.15) is 0 Å². The molecule has 0 rings (SSSR count). The topological polar surface area (TPSA) is 0 Å². The molecule has 0 aliphatic heterocycles. The first-order chi connectivity index (χ1) is 3.50. The highest BCUT2D eigenvalue weighted by Crippen LogP contribution is 2.23. The Balaban J connectivity index is 3.71. The highest BCUT2D eigenvalue weighted by Gasteiger charge is 2.39. The lowest BCUT2D eigenvalue weighted by Crippen LogP contribution is -2.27. The van der Waals surface area contributed by atoms with Gasteiger partial charge in [-0.2, -0.15) is 8.78 Å². The largest absolute Gasteiger partial charge is 0.320 e. The molecular weight excluding hydrogens is 147 g/mol. The van der Waals surface area contributed by atoms with Crippen LogP contribution in [-0.4, -0.2) is 18.2 Å². The lowest BCUT2D eigenvalue weighted by Gasteiger charge is -2.09. The Morgan fingerprint density at radius 3 is 1.75 bits per heavy atom. The molecule has 8 heavy (non-hydrogen) atoms. The minimum atomic E-state index is -4.03. The van der Waals surface area contributed by atoms with Crippen LogP contribution in [0.5, 0.6) is 0 Å². The van der Waals surface area contributed by atoms with E-state index in [1.165, 1.54) is 0 Å². The molecule has 0 aromatic rings. The smallest absolute Gasteiger partial charge is 0.204 e. The molecule has 0 fully saturated rings. The first-order valence-electron chi connectivity index (χ1n) is 1.72. The highest BCUT2D eigenvalue weighted by molar-refractivity contribution is 6.18.